The van der Waals surface area contributed by atoms with E-state index in [-0.39, 0.29) is 4.75 Å². The van der Waals surface area contributed by atoms with E-state index in [1.165, 1.54) is 0 Å². The van der Waals surface area contributed by atoms with Crippen LogP contribution in [-0.4, -0.2) is 34.4 Å². The first-order valence-corrected chi connectivity index (χ1v) is 8.30. The van der Waals surface area contributed by atoms with E-state index in [0.29, 0.717) is 17.1 Å². The number of carbonyl (C=O) groups excluding carboxylic acids is 1. The van der Waals surface area contributed by atoms with Gasteiger partial charge in [0.15, 0.2) is 4.90 Å². The van der Waals surface area contributed by atoms with Crippen LogP contribution in [0.5, 0.6) is 0 Å². The molecule has 0 aliphatic rings. The Bertz CT molecular complexity index is 416. The average Bonchev–Trinajstić information content (AvgIpc) is 2.36. The quantitative estimate of drug-likeness (QED) is 0.617. The molecule has 0 amide bonds. The molecule has 18 heavy (non-hydrogen) atoms. The number of rotatable bonds is 5. The molecule has 0 spiro atoms. The van der Waals surface area contributed by atoms with Crippen molar-refractivity contribution in [2.75, 3.05) is 19.1 Å². The van der Waals surface area contributed by atoms with E-state index < -0.39 is 17.1 Å². The number of thioether (sulfide) groups is 1. The van der Waals surface area contributed by atoms with Crippen LogP contribution >= 0.6 is 11.8 Å². The Kier molecular flexibility index (Phi) is 5.56. The predicted octanol–water partition coefficient (Wildman–Crippen LogP) is 2.72. The van der Waals surface area contributed by atoms with Gasteiger partial charge in [-0.15, -0.1) is 0 Å². The summed E-state index contributed by atoms with van der Waals surface area (Å²) in [6, 6.07) is 6.84. The number of carbonyl (C=O) groups is 1. The van der Waals surface area contributed by atoms with Crippen LogP contribution in [0.3, 0.4) is 0 Å². The standard InChI is InChI=1S/C13H18O3S2/c1-13(2,17-3)9-16-12(14)10-7-5-6-8-11(10)18(4)15/h5-8H,9H2,1-4H3. The van der Waals surface area contributed by atoms with Gasteiger partial charge in [0.2, 0.25) is 0 Å². The van der Waals surface area contributed by atoms with Crippen molar-refractivity contribution in [2.45, 2.75) is 23.5 Å². The number of hydrogen-bond acceptors (Lipinski definition) is 4. The third-order valence-electron chi connectivity index (χ3n) is 2.52. The molecule has 0 heterocycles. The third kappa shape index (κ3) is 4.23. The van der Waals surface area contributed by atoms with Gasteiger partial charge in [-0.25, -0.2) is 4.79 Å². The topological polar surface area (TPSA) is 49.4 Å². The Morgan fingerprint density at radius 1 is 1.44 bits per heavy atom. The molecule has 0 aromatic heterocycles. The van der Waals surface area contributed by atoms with E-state index in [1.807, 2.05) is 20.1 Å². The van der Waals surface area contributed by atoms with Crippen molar-refractivity contribution < 1.29 is 14.1 Å². The highest BCUT2D eigenvalue weighted by molar-refractivity contribution is 7.99. The van der Waals surface area contributed by atoms with E-state index in [2.05, 4.69) is 0 Å². The molecule has 0 aliphatic heterocycles. The fraction of sp³-hybridized carbons (Fsp3) is 0.462. The van der Waals surface area contributed by atoms with Crippen LogP contribution in [0, 0.1) is 0 Å². The van der Waals surface area contributed by atoms with Gasteiger partial charge in [0.05, 0.1) is 0 Å². The molecular formula is C13H18O3S2. The Labute approximate surface area is 115 Å². The summed E-state index contributed by atoms with van der Waals surface area (Å²) in [6.07, 6.45) is 3.53. The van der Waals surface area contributed by atoms with Crippen LogP contribution in [0.25, 0.3) is 0 Å². The number of esters is 1. The van der Waals surface area contributed by atoms with Gasteiger partial charge >= 0.3 is 5.97 Å². The first-order valence-electron chi connectivity index (χ1n) is 5.52. The first kappa shape index (κ1) is 15.4. The van der Waals surface area contributed by atoms with Crippen LogP contribution in [0.2, 0.25) is 0 Å². The Hall–Kier alpha value is -0.650. The van der Waals surface area contributed by atoms with Crippen LogP contribution in [0.15, 0.2) is 29.2 Å². The Morgan fingerprint density at radius 3 is 2.61 bits per heavy atom. The molecule has 0 N–H and O–H groups in total. The summed E-state index contributed by atoms with van der Waals surface area (Å²) in [5, 5.41) is 0. The molecule has 3 nitrogen and oxygen atoms in total. The predicted molar refractivity (Wildman–Crippen MR) is 76.7 cm³/mol. The molecule has 0 aliphatic carbocycles. The fourth-order valence-electron chi connectivity index (χ4n) is 1.26. The van der Waals surface area contributed by atoms with E-state index in [4.69, 9.17) is 4.74 Å². The molecular weight excluding hydrogens is 268 g/mol. The Balaban J connectivity index is 2.79. The second kappa shape index (κ2) is 6.50. The normalized spacial score (nSPS) is 13.2. The molecule has 0 saturated carbocycles. The van der Waals surface area contributed by atoms with E-state index in [1.54, 1.807) is 42.3 Å². The molecule has 1 atom stereocenters. The fourth-order valence-corrected chi connectivity index (χ4v) is 2.17. The van der Waals surface area contributed by atoms with Crippen molar-refractivity contribution in [3.05, 3.63) is 29.8 Å². The molecule has 1 rings (SSSR count). The van der Waals surface area contributed by atoms with Crippen LogP contribution in [0.4, 0.5) is 0 Å². The zero-order chi connectivity index (χ0) is 13.8. The number of benzene rings is 1. The Morgan fingerprint density at radius 2 is 2.06 bits per heavy atom. The van der Waals surface area contributed by atoms with E-state index >= 15 is 0 Å². The molecule has 0 radical (unpaired) electrons. The average molecular weight is 286 g/mol. The minimum Gasteiger partial charge on any atom is -0.612 e. The van der Waals surface area contributed by atoms with Crippen molar-refractivity contribution in [2.24, 2.45) is 0 Å². The van der Waals surface area contributed by atoms with E-state index in [9.17, 15) is 9.35 Å². The van der Waals surface area contributed by atoms with Gasteiger partial charge < -0.3 is 9.29 Å². The van der Waals surface area contributed by atoms with Gasteiger partial charge in [0, 0.05) is 4.75 Å². The van der Waals surface area contributed by atoms with Crippen molar-refractivity contribution in [3.63, 3.8) is 0 Å². The van der Waals surface area contributed by atoms with Crippen molar-refractivity contribution in [3.8, 4) is 0 Å². The van der Waals surface area contributed by atoms with E-state index in [0.717, 1.165) is 0 Å². The highest BCUT2D eigenvalue weighted by Gasteiger charge is 2.23. The summed E-state index contributed by atoms with van der Waals surface area (Å²) in [4.78, 5) is 12.5. The van der Waals surface area contributed by atoms with Crippen LogP contribution in [0.1, 0.15) is 24.2 Å². The van der Waals surface area contributed by atoms with Gasteiger partial charge in [-0.3, -0.25) is 0 Å². The maximum atomic E-state index is 12.0. The molecule has 100 valence electrons. The summed E-state index contributed by atoms with van der Waals surface area (Å²) in [5.74, 6) is -0.414. The minimum absolute atomic E-state index is 0.115. The summed E-state index contributed by atoms with van der Waals surface area (Å²) in [6.45, 7) is 4.35. The maximum absolute atomic E-state index is 12.0. The lowest BCUT2D eigenvalue weighted by atomic mass is 10.2. The summed E-state index contributed by atoms with van der Waals surface area (Å²) in [5.41, 5.74) is 0.384. The van der Waals surface area contributed by atoms with Gasteiger partial charge in [0.1, 0.15) is 18.4 Å². The zero-order valence-corrected chi connectivity index (χ0v) is 12.7. The SMILES string of the molecule is CSC(C)(C)COC(=O)c1ccccc1[S+](C)[O-]. The molecule has 0 fully saturated rings. The molecule has 1 unspecified atom stereocenters. The summed E-state index contributed by atoms with van der Waals surface area (Å²) >= 11 is 0.444. The molecule has 1 aromatic carbocycles. The smallest absolute Gasteiger partial charge is 0.343 e. The first-order chi connectivity index (χ1) is 8.37. The van der Waals surface area contributed by atoms with Crippen LogP contribution < -0.4 is 0 Å². The molecule has 5 heteroatoms. The van der Waals surface area contributed by atoms with Gasteiger partial charge in [-0.2, -0.15) is 11.8 Å². The highest BCUT2D eigenvalue weighted by atomic mass is 32.2. The van der Waals surface area contributed by atoms with Crippen LogP contribution in [-0.2, 0) is 15.9 Å². The number of ether oxygens (including phenoxy) is 1. The summed E-state index contributed by atoms with van der Waals surface area (Å²) in [7, 11) is 0. The number of hydrogen-bond donors (Lipinski definition) is 0. The lowest BCUT2D eigenvalue weighted by Gasteiger charge is -2.21. The highest BCUT2D eigenvalue weighted by Crippen LogP contribution is 2.23. The third-order valence-corrected chi connectivity index (χ3v) is 4.72. The monoisotopic (exact) mass is 286 g/mol. The molecule has 0 saturated heterocycles. The van der Waals surface area contributed by atoms with Gasteiger partial charge in [-0.1, -0.05) is 12.1 Å². The maximum Gasteiger partial charge on any atom is 0.343 e. The molecule has 0 bridgehead atoms. The lowest BCUT2D eigenvalue weighted by molar-refractivity contribution is 0.0473. The second-order valence-corrected chi connectivity index (χ2v) is 7.35. The second-order valence-electron chi connectivity index (χ2n) is 4.49. The van der Waals surface area contributed by atoms with Crippen molar-refractivity contribution in [1.82, 2.24) is 0 Å². The minimum atomic E-state index is -1.19. The summed E-state index contributed by atoms with van der Waals surface area (Å²) < 4.78 is 16.7. The lowest BCUT2D eigenvalue weighted by Crippen LogP contribution is -2.25. The largest absolute Gasteiger partial charge is 0.612 e. The van der Waals surface area contributed by atoms with Gasteiger partial charge in [0.25, 0.3) is 0 Å². The molecule has 1 aromatic rings. The van der Waals surface area contributed by atoms with Crippen molar-refractivity contribution in [1.29, 1.82) is 0 Å². The van der Waals surface area contributed by atoms with Crippen molar-refractivity contribution >= 4 is 28.9 Å². The zero-order valence-electron chi connectivity index (χ0n) is 11.1. The van der Waals surface area contributed by atoms with Gasteiger partial charge in [-0.05, 0) is 43.4 Å².